The number of fused-ring (bicyclic) bond motifs is 2. The molecule has 32 heavy (non-hydrogen) atoms. The van der Waals surface area contributed by atoms with Crippen molar-refractivity contribution in [2.24, 2.45) is 0 Å². The number of amides is 1. The molecule has 0 aliphatic carbocycles. The molecule has 3 aromatic heterocycles. The van der Waals surface area contributed by atoms with Gasteiger partial charge in [0.05, 0.1) is 23.9 Å². The lowest BCUT2D eigenvalue weighted by atomic mass is 10.3. The molecule has 0 aliphatic heterocycles. The molecule has 4 aromatic rings. The number of para-hydroxylation sites is 2. The van der Waals surface area contributed by atoms with Crippen LogP contribution >= 0.6 is 23.5 Å². The highest BCUT2D eigenvalue weighted by atomic mass is 32.2. The van der Waals surface area contributed by atoms with Gasteiger partial charge >= 0.3 is 0 Å². The number of benzene rings is 1. The van der Waals surface area contributed by atoms with Gasteiger partial charge < -0.3 is 15.1 Å². The number of carbonyl (C=O) groups excluding carboxylic acids is 1. The summed E-state index contributed by atoms with van der Waals surface area (Å²) >= 11 is 2.87. The van der Waals surface area contributed by atoms with Crippen LogP contribution in [0.5, 0.6) is 0 Å². The van der Waals surface area contributed by atoms with E-state index in [9.17, 15) is 4.79 Å². The van der Waals surface area contributed by atoms with Gasteiger partial charge in [-0.2, -0.15) is 5.10 Å². The molecule has 3 heterocycles. The molecule has 1 amide bonds. The number of nitrogens with zero attached hydrogens (tertiary/aromatic N) is 5. The molecule has 168 valence electrons. The Morgan fingerprint density at radius 1 is 1.12 bits per heavy atom. The van der Waals surface area contributed by atoms with Crippen LogP contribution < -0.4 is 10.6 Å². The summed E-state index contributed by atoms with van der Waals surface area (Å²) in [5.74, 6) is 1.84. The number of rotatable bonds is 11. The third-order valence-corrected chi connectivity index (χ3v) is 6.10. The van der Waals surface area contributed by atoms with E-state index in [1.807, 2.05) is 28.9 Å². The van der Waals surface area contributed by atoms with Crippen molar-refractivity contribution in [1.29, 1.82) is 0 Å². The van der Waals surface area contributed by atoms with Crippen LogP contribution in [0.4, 0.5) is 5.82 Å². The van der Waals surface area contributed by atoms with Crippen molar-refractivity contribution >= 4 is 57.4 Å². The second kappa shape index (κ2) is 10.7. The Bertz CT molecular complexity index is 1170. The van der Waals surface area contributed by atoms with E-state index in [0.29, 0.717) is 18.3 Å². The lowest BCUT2D eigenvalue weighted by Crippen LogP contribution is -2.29. The predicted octanol–water partition coefficient (Wildman–Crippen LogP) is 3.81. The molecule has 0 saturated carbocycles. The average Bonchev–Trinajstić information content (AvgIpc) is 3.40. The van der Waals surface area contributed by atoms with E-state index < -0.39 is 0 Å². The lowest BCUT2D eigenvalue weighted by Gasteiger charge is -2.09. The number of oxazole rings is 1. The van der Waals surface area contributed by atoms with Crippen LogP contribution in [-0.4, -0.2) is 55.2 Å². The van der Waals surface area contributed by atoms with E-state index in [1.54, 1.807) is 18.0 Å². The van der Waals surface area contributed by atoms with Crippen molar-refractivity contribution in [3.8, 4) is 0 Å². The molecule has 0 saturated heterocycles. The molecular weight excluding hydrogens is 446 g/mol. The summed E-state index contributed by atoms with van der Waals surface area (Å²) in [6, 6.07) is 7.54. The third-order valence-electron chi connectivity index (χ3n) is 4.54. The Hall–Kier alpha value is -2.79. The second-order valence-electron chi connectivity index (χ2n) is 6.91. The van der Waals surface area contributed by atoms with Crippen LogP contribution in [0.3, 0.4) is 0 Å². The summed E-state index contributed by atoms with van der Waals surface area (Å²) in [7, 11) is 0. The van der Waals surface area contributed by atoms with E-state index in [-0.39, 0.29) is 11.7 Å². The smallest absolute Gasteiger partial charge is 0.257 e. The summed E-state index contributed by atoms with van der Waals surface area (Å²) in [5, 5.41) is 12.8. The van der Waals surface area contributed by atoms with Crippen LogP contribution in [0.2, 0.25) is 0 Å². The maximum absolute atomic E-state index is 12.3. The van der Waals surface area contributed by atoms with Gasteiger partial charge in [0.2, 0.25) is 5.91 Å². The Morgan fingerprint density at radius 2 is 2.00 bits per heavy atom. The van der Waals surface area contributed by atoms with Gasteiger partial charge in [-0.3, -0.25) is 4.79 Å². The maximum atomic E-state index is 12.3. The molecule has 1 aromatic carbocycles. The first kappa shape index (κ1) is 22.4. The fraction of sp³-hybridized carbons (Fsp3) is 0.381. The van der Waals surface area contributed by atoms with Crippen molar-refractivity contribution in [2.45, 2.75) is 37.2 Å². The summed E-state index contributed by atoms with van der Waals surface area (Å²) in [4.78, 5) is 25.9. The average molecular weight is 472 g/mol. The summed E-state index contributed by atoms with van der Waals surface area (Å²) in [6.45, 7) is 5.98. The summed E-state index contributed by atoms with van der Waals surface area (Å²) < 4.78 is 7.44. The van der Waals surface area contributed by atoms with Gasteiger partial charge in [-0.1, -0.05) is 49.5 Å². The van der Waals surface area contributed by atoms with E-state index in [4.69, 9.17) is 4.42 Å². The largest absolute Gasteiger partial charge is 0.431 e. The van der Waals surface area contributed by atoms with Crippen LogP contribution in [0.25, 0.3) is 22.1 Å². The van der Waals surface area contributed by atoms with E-state index in [2.05, 4.69) is 44.5 Å². The monoisotopic (exact) mass is 471 g/mol. The Kier molecular flexibility index (Phi) is 7.48. The number of hydrogen-bond donors (Lipinski definition) is 2. The second-order valence-corrected chi connectivity index (χ2v) is 9.06. The van der Waals surface area contributed by atoms with Crippen LogP contribution in [0.1, 0.15) is 20.3 Å². The molecule has 11 heteroatoms. The van der Waals surface area contributed by atoms with Gasteiger partial charge in [0.25, 0.3) is 5.22 Å². The standard InChI is InChI=1S/C21H25N7O2S2/c1-3-9-23-18-14-12-24-28(19(14)27-20(26-18)31-4-2)11-10-22-17(29)13-32-21-25-15-7-5-6-8-16(15)30-21/h5-8,12H,3-4,9-11,13H2,1-2H3,(H,22,29)(H,23,26,27). The third kappa shape index (κ3) is 5.33. The number of aromatic nitrogens is 5. The molecule has 0 aliphatic rings. The predicted molar refractivity (Wildman–Crippen MR) is 128 cm³/mol. The minimum absolute atomic E-state index is 0.0872. The topological polar surface area (TPSA) is 111 Å². The van der Waals surface area contributed by atoms with Gasteiger partial charge in [-0.15, -0.1) is 0 Å². The Labute approximate surface area is 194 Å². The highest BCUT2D eigenvalue weighted by Crippen LogP contribution is 2.25. The van der Waals surface area contributed by atoms with Crippen LogP contribution in [0.15, 0.2) is 45.3 Å². The minimum Gasteiger partial charge on any atom is -0.431 e. The molecule has 4 rings (SSSR count). The molecule has 0 fully saturated rings. The molecule has 0 radical (unpaired) electrons. The van der Waals surface area contributed by atoms with E-state index >= 15 is 0 Å². The molecule has 0 spiro atoms. The van der Waals surface area contributed by atoms with Gasteiger partial charge in [-0.25, -0.2) is 19.6 Å². The van der Waals surface area contributed by atoms with Crippen molar-refractivity contribution in [3.63, 3.8) is 0 Å². The van der Waals surface area contributed by atoms with E-state index in [1.165, 1.54) is 11.8 Å². The Morgan fingerprint density at radius 3 is 2.81 bits per heavy atom. The van der Waals surface area contributed by atoms with Crippen molar-refractivity contribution < 1.29 is 9.21 Å². The summed E-state index contributed by atoms with van der Waals surface area (Å²) in [6.07, 6.45) is 2.78. The molecule has 0 unspecified atom stereocenters. The van der Waals surface area contributed by atoms with Gasteiger partial charge in [-0.05, 0) is 24.3 Å². The lowest BCUT2D eigenvalue weighted by molar-refractivity contribution is -0.118. The fourth-order valence-electron chi connectivity index (χ4n) is 3.06. The molecule has 9 nitrogen and oxygen atoms in total. The quantitative estimate of drug-likeness (QED) is 0.249. The van der Waals surface area contributed by atoms with Gasteiger partial charge in [0.15, 0.2) is 16.4 Å². The van der Waals surface area contributed by atoms with Crippen LogP contribution in [-0.2, 0) is 11.3 Å². The normalized spacial score (nSPS) is 11.3. The highest BCUT2D eigenvalue weighted by molar-refractivity contribution is 7.99. The number of nitrogens with one attached hydrogen (secondary N) is 2. The maximum Gasteiger partial charge on any atom is 0.257 e. The SMILES string of the molecule is CCCNc1nc(SCC)nc2c1cnn2CCNC(=O)CSc1nc2ccccc2o1. The minimum atomic E-state index is -0.0872. The van der Waals surface area contributed by atoms with Crippen LogP contribution in [0, 0.1) is 0 Å². The first-order valence-electron chi connectivity index (χ1n) is 10.5. The molecule has 2 N–H and O–H groups in total. The number of carbonyl (C=O) groups is 1. The molecule has 0 atom stereocenters. The highest BCUT2D eigenvalue weighted by Gasteiger charge is 2.14. The van der Waals surface area contributed by atoms with Gasteiger partial charge in [0.1, 0.15) is 11.3 Å². The first-order valence-corrected chi connectivity index (χ1v) is 12.5. The van der Waals surface area contributed by atoms with E-state index in [0.717, 1.165) is 51.8 Å². The number of anilines is 1. The molecule has 0 bridgehead atoms. The number of thioether (sulfide) groups is 2. The molecular formula is C21H25N7O2S2. The summed E-state index contributed by atoms with van der Waals surface area (Å²) in [5.41, 5.74) is 2.28. The fourth-order valence-corrected chi connectivity index (χ4v) is 4.30. The number of hydrogen-bond acceptors (Lipinski definition) is 9. The van der Waals surface area contributed by atoms with Crippen molar-refractivity contribution in [1.82, 2.24) is 30.0 Å². The zero-order valence-electron chi connectivity index (χ0n) is 18.0. The first-order chi connectivity index (χ1) is 15.7. The van der Waals surface area contributed by atoms with Gasteiger partial charge in [0, 0.05) is 13.1 Å². The van der Waals surface area contributed by atoms with Crippen molar-refractivity contribution in [2.75, 3.05) is 29.9 Å². The zero-order valence-corrected chi connectivity index (χ0v) is 19.6. The Balaban J connectivity index is 1.34. The zero-order chi connectivity index (χ0) is 22.3. The van der Waals surface area contributed by atoms with Crippen molar-refractivity contribution in [3.05, 3.63) is 30.5 Å².